The van der Waals surface area contributed by atoms with Crippen LogP contribution < -0.4 is 5.32 Å². The van der Waals surface area contributed by atoms with E-state index in [2.05, 4.69) is 15.3 Å². The van der Waals surface area contributed by atoms with Crippen molar-refractivity contribution in [2.45, 2.75) is 46.5 Å². The Bertz CT molecular complexity index is 511. The molecule has 0 saturated heterocycles. The zero-order valence-corrected chi connectivity index (χ0v) is 13.0. The second-order valence-electron chi connectivity index (χ2n) is 5.45. The maximum atomic E-state index is 12.3. The Morgan fingerprint density at radius 2 is 1.95 bits per heavy atom. The number of rotatable bonds is 7. The average Bonchev–Trinajstić information content (AvgIpc) is 2.48. The first kappa shape index (κ1) is 17.1. The van der Waals surface area contributed by atoms with Gasteiger partial charge in [0.1, 0.15) is 6.33 Å². The SMILES string of the molecule is CCC(CC)(CNC(=O)c1cncnc1C(C)C)C(=O)O. The highest BCUT2D eigenvalue weighted by Crippen LogP contribution is 2.26. The number of aromatic nitrogens is 2. The Labute approximate surface area is 125 Å². The van der Waals surface area contributed by atoms with Crippen LogP contribution in [-0.2, 0) is 4.79 Å². The van der Waals surface area contributed by atoms with Crippen LogP contribution in [0.3, 0.4) is 0 Å². The number of carbonyl (C=O) groups is 2. The summed E-state index contributed by atoms with van der Waals surface area (Å²) in [7, 11) is 0. The van der Waals surface area contributed by atoms with Crippen LogP contribution in [0.1, 0.15) is 62.5 Å². The van der Waals surface area contributed by atoms with Gasteiger partial charge in [-0.2, -0.15) is 0 Å². The molecule has 0 aliphatic carbocycles. The smallest absolute Gasteiger partial charge is 0.311 e. The summed E-state index contributed by atoms with van der Waals surface area (Å²) in [6.45, 7) is 7.61. The summed E-state index contributed by atoms with van der Waals surface area (Å²) in [6.07, 6.45) is 3.80. The normalized spacial score (nSPS) is 11.5. The van der Waals surface area contributed by atoms with Crippen LogP contribution >= 0.6 is 0 Å². The van der Waals surface area contributed by atoms with Gasteiger partial charge >= 0.3 is 5.97 Å². The number of nitrogens with one attached hydrogen (secondary N) is 1. The van der Waals surface area contributed by atoms with E-state index in [4.69, 9.17) is 0 Å². The van der Waals surface area contributed by atoms with Crippen LogP contribution in [0.4, 0.5) is 0 Å². The molecule has 21 heavy (non-hydrogen) atoms. The molecule has 1 aromatic rings. The van der Waals surface area contributed by atoms with Crippen LogP contribution in [0, 0.1) is 5.41 Å². The van der Waals surface area contributed by atoms with Crippen LogP contribution in [-0.4, -0.2) is 33.5 Å². The standard InChI is InChI=1S/C15H23N3O3/c1-5-15(6-2,14(20)21)8-17-13(19)11-7-16-9-18-12(11)10(3)4/h7,9-10H,5-6,8H2,1-4H3,(H,17,19)(H,20,21). The quantitative estimate of drug-likeness (QED) is 0.804. The van der Waals surface area contributed by atoms with Gasteiger partial charge in [-0.05, 0) is 18.8 Å². The van der Waals surface area contributed by atoms with Crippen molar-refractivity contribution in [3.63, 3.8) is 0 Å². The maximum absolute atomic E-state index is 12.3. The second kappa shape index (κ2) is 7.15. The van der Waals surface area contributed by atoms with E-state index in [-0.39, 0.29) is 18.4 Å². The molecule has 0 aliphatic rings. The number of aliphatic carboxylic acids is 1. The monoisotopic (exact) mass is 293 g/mol. The Morgan fingerprint density at radius 3 is 2.43 bits per heavy atom. The van der Waals surface area contributed by atoms with Gasteiger partial charge in [0.2, 0.25) is 0 Å². The number of nitrogens with zero attached hydrogens (tertiary/aromatic N) is 2. The summed E-state index contributed by atoms with van der Waals surface area (Å²) in [6, 6.07) is 0. The molecule has 0 saturated carbocycles. The topological polar surface area (TPSA) is 92.2 Å². The van der Waals surface area contributed by atoms with E-state index in [9.17, 15) is 14.7 Å². The fourth-order valence-corrected chi connectivity index (χ4v) is 2.20. The molecule has 6 nitrogen and oxygen atoms in total. The van der Waals surface area contributed by atoms with Gasteiger partial charge in [0, 0.05) is 12.7 Å². The van der Waals surface area contributed by atoms with Crippen molar-refractivity contribution in [2.24, 2.45) is 5.41 Å². The predicted molar refractivity (Wildman–Crippen MR) is 79.1 cm³/mol. The van der Waals surface area contributed by atoms with Gasteiger partial charge in [-0.1, -0.05) is 27.7 Å². The van der Waals surface area contributed by atoms with Gasteiger partial charge < -0.3 is 10.4 Å². The average molecular weight is 293 g/mol. The predicted octanol–water partition coefficient (Wildman–Crippen LogP) is 2.22. The molecule has 0 aromatic carbocycles. The summed E-state index contributed by atoms with van der Waals surface area (Å²) in [5.74, 6) is -1.12. The fraction of sp³-hybridized carbons (Fsp3) is 0.600. The van der Waals surface area contributed by atoms with E-state index in [1.807, 2.05) is 27.7 Å². The largest absolute Gasteiger partial charge is 0.481 e. The molecule has 0 bridgehead atoms. The van der Waals surface area contributed by atoms with Crippen LogP contribution in [0.15, 0.2) is 12.5 Å². The minimum absolute atomic E-state index is 0.0929. The highest BCUT2D eigenvalue weighted by Gasteiger charge is 2.35. The van der Waals surface area contributed by atoms with Gasteiger partial charge in [0.15, 0.2) is 0 Å². The minimum Gasteiger partial charge on any atom is -0.481 e. The van der Waals surface area contributed by atoms with Crippen molar-refractivity contribution >= 4 is 11.9 Å². The van der Waals surface area contributed by atoms with E-state index in [0.717, 1.165) is 0 Å². The third-order valence-corrected chi connectivity index (χ3v) is 3.93. The molecule has 0 unspecified atom stereocenters. The summed E-state index contributed by atoms with van der Waals surface area (Å²) in [4.78, 5) is 31.7. The molecule has 0 spiro atoms. The van der Waals surface area contributed by atoms with Crippen molar-refractivity contribution < 1.29 is 14.7 Å². The molecule has 0 aliphatic heterocycles. The molecule has 0 fully saturated rings. The van der Waals surface area contributed by atoms with Gasteiger partial charge in [0.05, 0.1) is 16.7 Å². The van der Waals surface area contributed by atoms with Gasteiger partial charge in [0.25, 0.3) is 5.91 Å². The van der Waals surface area contributed by atoms with E-state index < -0.39 is 11.4 Å². The van der Waals surface area contributed by atoms with Gasteiger partial charge in [-0.3, -0.25) is 9.59 Å². The van der Waals surface area contributed by atoms with Crippen molar-refractivity contribution in [2.75, 3.05) is 6.54 Å². The number of amides is 1. The Morgan fingerprint density at radius 1 is 1.33 bits per heavy atom. The molecule has 1 amide bonds. The Balaban J connectivity index is 2.90. The first-order valence-corrected chi connectivity index (χ1v) is 7.19. The van der Waals surface area contributed by atoms with Crippen molar-refractivity contribution in [1.29, 1.82) is 0 Å². The number of carbonyl (C=O) groups excluding carboxylic acids is 1. The molecule has 0 radical (unpaired) electrons. The molecule has 6 heteroatoms. The number of carboxylic acids is 1. The minimum atomic E-state index is -0.927. The fourth-order valence-electron chi connectivity index (χ4n) is 2.20. The molecular weight excluding hydrogens is 270 g/mol. The summed E-state index contributed by atoms with van der Waals surface area (Å²) < 4.78 is 0. The van der Waals surface area contributed by atoms with Crippen LogP contribution in [0.5, 0.6) is 0 Å². The molecule has 2 N–H and O–H groups in total. The first-order chi connectivity index (χ1) is 9.88. The zero-order valence-electron chi connectivity index (χ0n) is 13.0. The third kappa shape index (κ3) is 3.77. The zero-order chi connectivity index (χ0) is 16.0. The first-order valence-electron chi connectivity index (χ1n) is 7.19. The van der Waals surface area contributed by atoms with Crippen LogP contribution in [0.25, 0.3) is 0 Å². The lowest BCUT2D eigenvalue weighted by atomic mass is 9.82. The summed E-state index contributed by atoms with van der Waals surface area (Å²) in [5.41, 5.74) is 0.138. The van der Waals surface area contributed by atoms with Crippen molar-refractivity contribution in [1.82, 2.24) is 15.3 Å². The highest BCUT2D eigenvalue weighted by molar-refractivity contribution is 5.95. The maximum Gasteiger partial charge on any atom is 0.311 e. The summed E-state index contributed by atoms with van der Waals surface area (Å²) in [5, 5.41) is 12.1. The van der Waals surface area contributed by atoms with Gasteiger partial charge in [-0.15, -0.1) is 0 Å². The number of hydrogen-bond acceptors (Lipinski definition) is 4. The van der Waals surface area contributed by atoms with Crippen molar-refractivity contribution in [3.8, 4) is 0 Å². The lowest BCUT2D eigenvalue weighted by Crippen LogP contribution is -2.42. The lowest BCUT2D eigenvalue weighted by molar-refractivity contribution is -0.149. The highest BCUT2D eigenvalue weighted by atomic mass is 16.4. The molecule has 1 rings (SSSR count). The van der Waals surface area contributed by atoms with E-state index in [1.165, 1.54) is 12.5 Å². The van der Waals surface area contributed by atoms with E-state index in [0.29, 0.717) is 24.1 Å². The molecule has 116 valence electrons. The van der Waals surface area contributed by atoms with E-state index in [1.54, 1.807) is 0 Å². The summed E-state index contributed by atoms with van der Waals surface area (Å²) >= 11 is 0. The lowest BCUT2D eigenvalue weighted by Gasteiger charge is -2.27. The molecular formula is C15H23N3O3. The third-order valence-electron chi connectivity index (χ3n) is 3.93. The molecule has 1 heterocycles. The van der Waals surface area contributed by atoms with Crippen molar-refractivity contribution in [3.05, 3.63) is 23.8 Å². The number of carboxylic acid groups (broad SMARTS) is 1. The van der Waals surface area contributed by atoms with Crippen LogP contribution in [0.2, 0.25) is 0 Å². The van der Waals surface area contributed by atoms with E-state index >= 15 is 0 Å². The molecule has 0 atom stereocenters. The number of hydrogen-bond donors (Lipinski definition) is 2. The van der Waals surface area contributed by atoms with Gasteiger partial charge in [-0.25, -0.2) is 9.97 Å². The Hall–Kier alpha value is -1.98. The molecule has 1 aromatic heterocycles. The second-order valence-corrected chi connectivity index (χ2v) is 5.45. The Kier molecular flexibility index (Phi) is 5.81.